The second-order valence-corrected chi connectivity index (χ2v) is 10.9. The minimum Gasteiger partial charge on any atom is -0.478 e. The van der Waals surface area contributed by atoms with Crippen molar-refractivity contribution in [3.8, 4) is 28.6 Å². The zero-order chi connectivity index (χ0) is 26.7. The summed E-state index contributed by atoms with van der Waals surface area (Å²) in [4.78, 5) is 16.4. The van der Waals surface area contributed by atoms with E-state index in [1.807, 2.05) is 12.1 Å². The highest BCUT2D eigenvalue weighted by atomic mass is 35.5. The summed E-state index contributed by atoms with van der Waals surface area (Å²) in [6.45, 7) is 0.184. The Morgan fingerprint density at radius 1 is 0.974 bits per heavy atom. The van der Waals surface area contributed by atoms with Gasteiger partial charge in [-0.1, -0.05) is 40.5 Å². The number of aromatic nitrogens is 2. The fraction of sp³-hybridized carbons (Fsp3) is 0.233. The fourth-order valence-electron chi connectivity index (χ4n) is 4.93. The topological polar surface area (TPSA) is 94.7 Å². The van der Waals surface area contributed by atoms with Crippen LogP contribution < -0.4 is 9.47 Å². The Balaban J connectivity index is 1.23. The highest BCUT2D eigenvalue weighted by Crippen LogP contribution is 2.49. The molecule has 3 aliphatic rings. The Bertz CT molecular complexity index is 1650. The first-order valence-corrected chi connectivity index (χ1v) is 13.6. The molecule has 0 unspecified atom stereocenters. The van der Waals surface area contributed by atoms with Crippen LogP contribution in [0.25, 0.3) is 22.9 Å². The van der Waals surface area contributed by atoms with Crippen LogP contribution in [-0.2, 0) is 6.61 Å². The lowest BCUT2D eigenvalue weighted by Crippen LogP contribution is -2.03. The molecule has 0 radical (unpaired) electrons. The number of benzene rings is 2. The first-order valence-electron chi connectivity index (χ1n) is 12.8. The average molecular weight is 561 g/mol. The molecular formula is C30H22Cl2N2O5. The molecule has 2 aromatic heterocycles. The smallest absolute Gasteiger partial charge is 0.335 e. The van der Waals surface area contributed by atoms with Gasteiger partial charge in [0.1, 0.15) is 29.5 Å². The minimum absolute atomic E-state index is 0.168. The molecule has 1 aliphatic heterocycles. The summed E-state index contributed by atoms with van der Waals surface area (Å²) in [6.07, 6.45) is 6.24. The Labute approximate surface area is 234 Å². The van der Waals surface area contributed by atoms with Crippen LogP contribution in [0.5, 0.6) is 17.4 Å². The van der Waals surface area contributed by atoms with E-state index in [1.54, 1.807) is 42.5 Å². The maximum atomic E-state index is 11.5. The van der Waals surface area contributed by atoms with Crippen LogP contribution in [0.2, 0.25) is 10.0 Å². The minimum atomic E-state index is -1.00. The summed E-state index contributed by atoms with van der Waals surface area (Å²) in [6, 6.07) is 13.8. The van der Waals surface area contributed by atoms with Crippen molar-refractivity contribution in [2.75, 3.05) is 0 Å². The van der Waals surface area contributed by atoms with Crippen molar-refractivity contribution in [3.05, 3.63) is 86.7 Å². The second kappa shape index (κ2) is 9.43. The van der Waals surface area contributed by atoms with Gasteiger partial charge in [-0.05, 0) is 73.6 Å². The highest BCUT2D eigenvalue weighted by Gasteiger charge is 2.35. The number of hydrogen-bond acceptors (Lipinski definition) is 6. The lowest BCUT2D eigenvalue weighted by molar-refractivity contribution is 0.0696. The molecule has 0 atom stereocenters. The number of carboxylic acids is 1. The predicted octanol–water partition coefficient (Wildman–Crippen LogP) is 8.25. The summed E-state index contributed by atoms with van der Waals surface area (Å²) in [5.74, 6) is 1.95. The number of nitrogens with zero attached hydrogens (tertiary/aromatic N) is 2. The van der Waals surface area contributed by atoms with E-state index >= 15 is 0 Å². The Hall–Kier alpha value is -3.81. The van der Waals surface area contributed by atoms with Crippen LogP contribution in [0.3, 0.4) is 0 Å². The van der Waals surface area contributed by atoms with E-state index in [9.17, 15) is 9.90 Å². The van der Waals surface area contributed by atoms with Gasteiger partial charge in [-0.3, -0.25) is 0 Å². The zero-order valence-electron chi connectivity index (χ0n) is 20.6. The lowest BCUT2D eigenvalue weighted by Gasteiger charge is -2.13. The third-order valence-electron chi connectivity index (χ3n) is 7.25. The molecule has 2 aromatic carbocycles. The van der Waals surface area contributed by atoms with Gasteiger partial charge >= 0.3 is 5.97 Å². The highest BCUT2D eigenvalue weighted by molar-refractivity contribution is 6.39. The number of ether oxygens (including phenoxy) is 2. The first-order chi connectivity index (χ1) is 19.0. The molecule has 3 heterocycles. The number of rotatable bonds is 7. The van der Waals surface area contributed by atoms with Gasteiger partial charge < -0.3 is 19.1 Å². The van der Waals surface area contributed by atoms with E-state index in [0.717, 1.165) is 48.1 Å². The van der Waals surface area contributed by atoms with Gasteiger partial charge in [0.25, 0.3) is 0 Å². The second-order valence-electron chi connectivity index (χ2n) is 10.1. The first kappa shape index (κ1) is 24.2. The molecule has 9 heteroatoms. The molecule has 2 fully saturated rings. The summed E-state index contributed by atoms with van der Waals surface area (Å²) in [5.41, 5.74) is 4.76. The summed E-state index contributed by atoms with van der Waals surface area (Å²) in [5, 5.41) is 14.7. The molecule has 7 nitrogen and oxygen atoms in total. The van der Waals surface area contributed by atoms with Crippen LogP contribution in [0.15, 0.2) is 53.1 Å². The summed E-state index contributed by atoms with van der Waals surface area (Å²) >= 11 is 13.0. The molecule has 2 aliphatic carbocycles. The average Bonchev–Trinajstić information content (AvgIpc) is 3.84. The molecule has 39 heavy (non-hydrogen) atoms. The number of pyridine rings is 1. The number of carbonyl (C=O) groups is 1. The molecule has 0 saturated heterocycles. The third kappa shape index (κ3) is 4.56. The van der Waals surface area contributed by atoms with Gasteiger partial charge in [-0.15, -0.1) is 0 Å². The van der Waals surface area contributed by atoms with Crippen molar-refractivity contribution >= 4 is 40.8 Å². The van der Waals surface area contributed by atoms with Crippen molar-refractivity contribution in [2.45, 2.75) is 38.2 Å². The van der Waals surface area contributed by atoms with Crippen molar-refractivity contribution in [2.24, 2.45) is 5.92 Å². The standard InChI is InChI=1S/C30H22Cl2N2O5/c31-21-2-1-3-22(32)26(21)28-20(29(39-34-28)16-6-7-16)14-37-25-11-10-23-27(33-25)19(15-4-5-15)12-17-8-9-18(30(35)36)13-24(17)38-23/h1-3,8-13,15-16H,4-7,14H2,(H,35,36). The van der Waals surface area contributed by atoms with Gasteiger partial charge in [0.15, 0.2) is 5.75 Å². The van der Waals surface area contributed by atoms with Crippen molar-refractivity contribution < 1.29 is 23.9 Å². The predicted molar refractivity (Wildman–Crippen MR) is 147 cm³/mol. The molecule has 1 N–H and O–H groups in total. The molecular weight excluding hydrogens is 539 g/mol. The number of allylic oxidation sites excluding steroid dienone is 1. The van der Waals surface area contributed by atoms with Gasteiger partial charge in [0, 0.05) is 23.1 Å². The fourth-order valence-corrected chi connectivity index (χ4v) is 5.50. The molecule has 0 bridgehead atoms. The Morgan fingerprint density at radius 3 is 2.46 bits per heavy atom. The van der Waals surface area contributed by atoms with Crippen LogP contribution in [-0.4, -0.2) is 21.2 Å². The maximum absolute atomic E-state index is 11.5. The van der Waals surface area contributed by atoms with Crippen LogP contribution in [0, 0.1) is 5.92 Å². The Kier molecular flexibility index (Phi) is 5.86. The molecule has 0 spiro atoms. The monoisotopic (exact) mass is 560 g/mol. The number of fused-ring (bicyclic) bond motifs is 2. The normalized spacial score (nSPS) is 16.0. The van der Waals surface area contributed by atoms with E-state index in [2.05, 4.69) is 5.16 Å². The van der Waals surface area contributed by atoms with Crippen LogP contribution in [0.1, 0.15) is 64.5 Å². The quantitative estimate of drug-likeness (QED) is 0.243. The van der Waals surface area contributed by atoms with E-state index in [-0.39, 0.29) is 12.2 Å². The summed E-state index contributed by atoms with van der Waals surface area (Å²) in [7, 11) is 0. The Morgan fingerprint density at radius 2 is 1.74 bits per heavy atom. The number of hydrogen-bond donors (Lipinski definition) is 1. The molecule has 196 valence electrons. The van der Waals surface area contributed by atoms with Gasteiger partial charge in [-0.2, -0.15) is 0 Å². The zero-order valence-corrected chi connectivity index (χ0v) is 22.1. The molecule has 2 saturated carbocycles. The van der Waals surface area contributed by atoms with Gasteiger partial charge in [-0.25, -0.2) is 9.78 Å². The number of halogens is 2. The van der Waals surface area contributed by atoms with Crippen molar-refractivity contribution in [3.63, 3.8) is 0 Å². The maximum Gasteiger partial charge on any atom is 0.335 e. The van der Waals surface area contributed by atoms with E-state index in [1.165, 1.54) is 0 Å². The van der Waals surface area contributed by atoms with Crippen LogP contribution >= 0.6 is 23.2 Å². The van der Waals surface area contributed by atoms with E-state index in [4.69, 9.17) is 42.2 Å². The molecule has 0 amide bonds. The van der Waals surface area contributed by atoms with Crippen molar-refractivity contribution in [1.29, 1.82) is 0 Å². The number of aromatic carboxylic acids is 1. The molecule has 7 rings (SSSR count). The van der Waals surface area contributed by atoms with Gasteiger partial charge in [0.2, 0.25) is 5.88 Å². The molecule has 4 aromatic rings. The lowest BCUT2D eigenvalue weighted by atomic mass is 10.0. The SMILES string of the molecule is O=C(O)c1ccc2c(c1)Oc1ccc(OCc3c(-c4c(Cl)cccc4Cl)noc3C3CC3)nc1C(C1CC1)=C2. The summed E-state index contributed by atoms with van der Waals surface area (Å²) < 4.78 is 18.2. The largest absolute Gasteiger partial charge is 0.478 e. The van der Waals surface area contributed by atoms with Gasteiger partial charge in [0.05, 0.1) is 21.2 Å². The number of carboxylic acid groups (broad SMARTS) is 1. The van der Waals surface area contributed by atoms with Crippen molar-refractivity contribution in [1.82, 2.24) is 10.1 Å². The van der Waals surface area contributed by atoms with Crippen LogP contribution in [0.4, 0.5) is 0 Å². The van der Waals surface area contributed by atoms with E-state index in [0.29, 0.717) is 56.2 Å². The van der Waals surface area contributed by atoms with E-state index < -0.39 is 5.97 Å². The third-order valence-corrected chi connectivity index (χ3v) is 7.88.